The molecule has 0 bridgehead atoms. The van der Waals surface area contributed by atoms with E-state index >= 15 is 0 Å². The summed E-state index contributed by atoms with van der Waals surface area (Å²) in [7, 11) is 0. The lowest BCUT2D eigenvalue weighted by Crippen LogP contribution is -2.22. The van der Waals surface area contributed by atoms with Gasteiger partial charge in [-0.05, 0) is 31.9 Å². The van der Waals surface area contributed by atoms with Gasteiger partial charge in [-0.25, -0.2) is 0 Å². The van der Waals surface area contributed by atoms with Gasteiger partial charge in [-0.3, -0.25) is 0 Å². The number of unbranched alkanes of at least 4 members (excludes halogenated alkanes) is 2. The number of anilines is 2. The summed E-state index contributed by atoms with van der Waals surface area (Å²) in [6.07, 6.45) is 3.74. The van der Waals surface area contributed by atoms with Gasteiger partial charge in [0.15, 0.2) is 11.5 Å². The van der Waals surface area contributed by atoms with Gasteiger partial charge >= 0.3 is 0 Å². The van der Waals surface area contributed by atoms with Crippen molar-refractivity contribution in [2.24, 2.45) is 0 Å². The molecule has 0 N–H and O–H groups in total. The van der Waals surface area contributed by atoms with Crippen molar-refractivity contribution in [3.63, 3.8) is 0 Å². The maximum Gasteiger partial charge on any atom is 0.163 e. The van der Waals surface area contributed by atoms with E-state index in [1.807, 2.05) is 12.1 Å². The Hall–Kier alpha value is -2.83. The van der Waals surface area contributed by atoms with Crippen molar-refractivity contribution in [3.05, 3.63) is 35.4 Å². The molecule has 2 aromatic carbocycles. The molecule has 0 fully saturated rings. The summed E-state index contributed by atoms with van der Waals surface area (Å²) >= 11 is 1.58. The Labute approximate surface area is 183 Å². The summed E-state index contributed by atoms with van der Waals surface area (Å²) in [5.41, 5.74) is 2.43. The number of benzene rings is 2. The topological polar surface area (TPSA) is 69.3 Å². The number of hydrogen-bond acceptors (Lipinski definition) is 6. The van der Waals surface area contributed by atoms with Crippen molar-refractivity contribution in [1.82, 2.24) is 0 Å². The first-order chi connectivity index (χ1) is 14.7. The molecule has 0 radical (unpaired) electrons. The zero-order chi connectivity index (χ0) is 21.5. The fraction of sp³-hybridized carbons (Fsp3) is 0.417. The summed E-state index contributed by atoms with van der Waals surface area (Å²) in [6.45, 7) is 7.99. The van der Waals surface area contributed by atoms with Gasteiger partial charge in [0.1, 0.15) is 29.0 Å². The first-order valence-electron chi connectivity index (χ1n) is 10.6. The molecule has 6 heteroatoms. The summed E-state index contributed by atoms with van der Waals surface area (Å²) in [5.74, 6) is 0.988. The van der Waals surface area contributed by atoms with Crippen molar-refractivity contribution in [1.29, 1.82) is 10.5 Å². The van der Waals surface area contributed by atoms with Gasteiger partial charge in [-0.15, -0.1) is 0 Å². The number of nitrogens with zero attached hydrogens (tertiary/aromatic N) is 3. The number of fused-ring (bicyclic) bond motifs is 2. The average molecular weight is 422 g/mol. The molecule has 0 atom stereocenters. The number of para-hydroxylation sites is 1. The average Bonchev–Trinajstić information content (AvgIpc) is 2.78. The van der Waals surface area contributed by atoms with Gasteiger partial charge in [0.05, 0.1) is 23.8 Å². The Morgan fingerprint density at radius 1 is 0.900 bits per heavy atom. The maximum atomic E-state index is 9.98. The predicted octanol–water partition coefficient (Wildman–Crippen LogP) is 6.41. The first kappa shape index (κ1) is 21.9. The number of nitriles is 2. The van der Waals surface area contributed by atoms with Crippen molar-refractivity contribution >= 4 is 23.1 Å². The molecule has 156 valence electrons. The minimum absolute atomic E-state index is 0.261. The molecule has 0 spiro atoms. The maximum absolute atomic E-state index is 9.98. The third kappa shape index (κ3) is 4.06. The monoisotopic (exact) mass is 421 g/mol. The van der Waals surface area contributed by atoms with Crippen LogP contribution in [0.3, 0.4) is 0 Å². The van der Waals surface area contributed by atoms with E-state index in [4.69, 9.17) is 9.47 Å². The molecule has 30 heavy (non-hydrogen) atoms. The van der Waals surface area contributed by atoms with Crippen LogP contribution in [0.5, 0.6) is 11.5 Å². The Kier molecular flexibility index (Phi) is 7.49. The zero-order valence-corrected chi connectivity index (χ0v) is 18.6. The molecule has 1 heterocycles. The predicted molar refractivity (Wildman–Crippen MR) is 120 cm³/mol. The van der Waals surface area contributed by atoms with Gasteiger partial charge in [0.25, 0.3) is 0 Å². The molecule has 0 aromatic heterocycles. The quantitative estimate of drug-likeness (QED) is 0.436. The summed E-state index contributed by atoms with van der Waals surface area (Å²) in [6, 6.07) is 12.6. The lowest BCUT2D eigenvalue weighted by Gasteiger charge is -2.35. The van der Waals surface area contributed by atoms with Gasteiger partial charge in [-0.2, -0.15) is 10.5 Å². The minimum atomic E-state index is 0.261. The van der Waals surface area contributed by atoms with Gasteiger partial charge in [-0.1, -0.05) is 50.6 Å². The minimum Gasteiger partial charge on any atom is -0.491 e. The fourth-order valence-corrected chi connectivity index (χ4v) is 4.67. The van der Waals surface area contributed by atoms with Crippen LogP contribution in [-0.2, 0) is 0 Å². The van der Waals surface area contributed by atoms with Crippen molar-refractivity contribution in [3.8, 4) is 23.6 Å². The second-order valence-corrected chi connectivity index (χ2v) is 8.08. The van der Waals surface area contributed by atoms with Crippen LogP contribution >= 0.6 is 11.8 Å². The normalized spacial score (nSPS) is 11.8. The van der Waals surface area contributed by atoms with Crippen LogP contribution in [0, 0.1) is 22.7 Å². The highest BCUT2D eigenvalue weighted by Gasteiger charge is 2.34. The SMILES string of the molecule is CCCCOc1c(C#N)c(C#N)c(OCCCC)c2c1Sc1ccccc1N2CC. The van der Waals surface area contributed by atoms with E-state index < -0.39 is 0 Å². The van der Waals surface area contributed by atoms with Crippen molar-refractivity contribution < 1.29 is 9.47 Å². The van der Waals surface area contributed by atoms with Crippen LogP contribution in [0.4, 0.5) is 11.4 Å². The number of hydrogen-bond donors (Lipinski definition) is 0. The molecular formula is C24H27N3O2S. The highest BCUT2D eigenvalue weighted by molar-refractivity contribution is 7.99. The van der Waals surface area contributed by atoms with Gasteiger partial charge in [0.2, 0.25) is 0 Å². The lowest BCUT2D eigenvalue weighted by molar-refractivity contribution is 0.294. The molecule has 0 amide bonds. The van der Waals surface area contributed by atoms with Crippen LogP contribution in [0.15, 0.2) is 34.1 Å². The molecule has 2 aromatic rings. The molecule has 1 aliphatic rings. The summed E-state index contributed by atoms with van der Waals surface area (Å²) in [5, 5.41) is 19.9. The first-order valence-corrected chi connectivity index (χ1v) is 11.4. The lowest BCUT2D eigenvalue weighted by atomic mass is 10.0. The Balaban J connectivity index is 2.27. The second-order valence-electron chi connectivity index (χ2n) is 7.03. The Morgan fingerprint density at radius 2 is 1.50 bits per heavy atom. The van der Waals surface area contributed by atoms with E-state index in [-0.39, 0.29) is 11.1 Å². The Morgan fingerprint density at radius 3 is 2.10 bits per heavy atom. The van der Waals surface area contributed by atoms with E-state index in [1.165, 1.54) is 0 Å². The molecule has 0 aliphatic carbocycles. The highest BCUT2D eigenvalue weighted by atomic mass is 32.2. The zero-order valence-electron chi connectivity index (χ0n) is 17.8. The molecule has 5 nitrogen and oxygen atoms in total. The summed E-state index contributed by atoms with van der Waals surface area (Å²) in [4.78, 5) is 4.12. The van der Waals surface area contributed by atoms with Crippen LogP contribution in [0.1, 0.15) is 57.6 Å². The van der Waals surface area contributed by atoms with E-state index in [0.29, 0.717) is 31.3 Å². The third-order valence-electron chi connectivity index (χ3n) is 5.01. The van der Waals surface area contributed by atoms with E-state index in [9.17, 15) is 10.5 Å². The molecular weight excluding hydrogens is 394 g/mol. The van der Waals surface area contributed by atoms with Crippen LogP contribution < -0.4 is 14.4 Å². The number of rotatable bonds is 9. The van der Waals surface area contributed by atoms with Crippen LogP contribution in [-0.4, -0.2) is 19.8 Å². The second kappa shape index (κ2) is 10.3. The van der Waals surface area contributed by atoms with Crippen molar-refractivity contribution in [2.45, 2.75) is 56.2 Å². The molecule has 0 unspecified atom stereocenters. The highest BCUT2D eigenvalue weighted by Crippen LogP contribution is 2.57. The van der Waals surface area contributed by atoms with Crippen LogP contribution in [0.2, 0.25) is 0 Å². The van der Waals surface area contributed by atoms with Gasteiger partial charge < -0.3 is 14.4 Å². The molecule has 0 saturated carbocycles. The smallest absolute Gasteiger partial charge is 0.163 e. The number of ether oxygens (including phenoxy) is 2. The standard InChI is InChI=1S/C24H27N3O2S/c1-4-7-13-28-22-17(15-25)18(16-26)23(29-14-8-5-2)24-21(22)27(6-3)19-11-9-10-12-20(19)30-24/h9-12H,4-8,13-14H2,1-3H3. The fourth-order valence-electron chi connectivity index (χ4n) is 3.46. The van der Waals surface area contributed by atoms with E-state index in [2.05, 4.69) is 49.9 Å². The van der Waals surface area contributed by atoms with Crippen molar-refractivity contribution in [2.75, 3.05) is 24.7 Å². The van der Waals surface area contributed by atoms with E-state index in [1.54, 1.807) is 11.8 Å². The van der Waals surface area contributed by atoms with Gasteiger partial charge in [0, 0.05) is 11.4 Å². The molecule has 0 saturated heterocycles. The molecule has 3 rings (SSSR count). The largest absolute Gasteiger partial charge is 0.491 e. The summed E-state index contributed by atoms with van der Waals surface area (Å²) < 4.78 is 12.3. The van der Waals surface area contributed by atoms with Crippen LogP contribution in [0.25, 0.3) is 0 Å². The Bertz CT molecular complexity index is 991. The molecule has 1 aliphatic heterocycles. The third-order valence-corrected chi connectivity index (χ3v) is 6.15. The van der Waals surface area contributed by atoms with E-state index in [0.717, 1.165) is 46.8 Å².